The molecule has 7 heteroatoms. The first-order valence-corrected chi connectivity index (χ1v) is 11.0. The van der Waals surface area contributed by atoms with Gasteiger partial charge in [0.1, 0.15) is 13.2 Å². The van der Waals surface area contributed by atoms with Gasteiger partial charge in [-0.2, -0.15) is 0 Å². The summed E-state index contributed by atoms with van der Waals surface area (Å²) in [5.74, 6) is -1.44. The monoisotopic (exact) mass is 438 g/mol. The average molecular weight is 439 g/mol. The number of benzene rings is 2. The summed E-state index contributed by atoms with van der Waals surface area (Å²) in [6, 6.07) is 15.8. The number of carbonyl (C=O) groups is 3. The maximum absolute atomic E-state index is 12.6. The molecule has 0 unspecified atom stereocenters. The molecule has 2 aromatic carbocycles. The minimum atomic E-state index is -1.07. The second-order valence-electron chi connectivity index (χ2n) is 8.16. The number of hydrogen-bond acceptors (Lipinski definition) is 4. The van der Waals surface area contributed by atoms with E-state index in [-0.39, 0.29) is 31.4 Å². The highest BCUT2D eigenvalue weighted by atomic mass is 16.5. The molecule has 7 nitrogen and oxygen atoms in total. The molecule has 0 aliphatic heterocycles. The van der Waals surface area contributed by atoms with Gasteiger partial charge >= 0.3 is 12.1 Å². The minimum Gasteiger partial charge on any atom is -0.480 e. The zero-order chi connectivity index (χ0) is 23.1. The molecule has 1 aliphatic rings. The Morgan fingerprint density at radius 1 is 1.06 bits per heavy atom. The lowest BCUT2D eigenvalue weighted by atomic mass is 9.98. The van der Waals surface area contributed by atoms with Crippen LogP contribution in [0.2, 0.25) is 0 Å². The molecule has 32 heavy (non-hydrogen) atoms. The van der Waals surface area contributed by atoms with Gasteiger partial charge in [-0.05, 0) is 28.7 Å². The van der Waals surface area contributed by atoms with Crippen molar-refractivity contribution in [2.45, 2.75) is 44.6 Å². The summed E-state index contributed by atoms with van der Waals surface area (Å²) in [4.78, 5) is 36.9. The highest BCUT2D eigenvalue weighted by Crippen LogP contribution is 2.44. The normalized spacial score (nSPS) is 13.1. The summed E-state index contributed by atoms with van der Waals surface area (Å²) in [6.45, 7) is 1.86. The number of carbonyl (C=O) groups excluding carboxylic acids is 2. The number of unbranched alkanes of at least 4 members (excludes halogenated alkanes) is 1. The third kappa shape index (κ3) is 5.66. The van der Waals surface area contributed by atoms with Gasteiger partial charge in [-0.15, -0.1) is 0 Å². The molecule has 0 saturated carbocycles. The predicted molar refractivity (Wildman–Crippen MR) is 121 cm³/mol. The van der Waals surface area contributed by atoms with Crippen molar-refractivity contribution < 1.29 is 24.2 Å². The van der Waals surface area contributed by atoms with E-state index in [0.29, 0.717) is 6.42 Å². The molecule has 170 valence electrons. The highest BCUT2D eigenvalue weighted by molar-refractivity contribution is 5.82. The molecule has 2 aromatic rings. The smallest absolute Gasteiger partial charge is 0.407 e. The topological polar surface area (TPSA) is 95.9 Å². The van der Waals surface area contributed by atoms with Gasteiger partial charge in [0.25, 0.3) is 0 Å². The Morgan fingerprint density at radius 2 is 1.66 bits per heavy atom. The molecule has 2 amide bonds. The number of nitrogens with one attached hydrogen (secondary N) is 1. The minimum absolute atomic E-state index is 0.0357. The van der Waals surface area contributed by atoms with Crippen molar-refractivity contribution in [1.82, 2.24) is 10.2 Å². The van der Waals surface area contributed by atoms with E-state index in [4.69, 9.17) is 9.84 Å². The van der Waals surface area contributed by atoms with Crippen LogP contribution in [0.15, 0.2) is 48.5 Å². The quantitative estimate of drug-likeness (QED) is 0.584. The van der Waals surface area contributed by atoms with E-state index in [1.165, 1.54) is 7.05 Å². The van der Waals surface area contributed by atoms with Crippen molar-refractivity contribution in [2.24, 2.45) is 0 Å². The van der Waals surface area contributed by atoms with Gasteiger partial charge in [-0.3, -0.25) is 9.59 Å². The number of amides is 2. The number of hydrogen-bond donors (Lipinski definition) is 2. The third-order valence-corrected chi connectivity index (χ3v) is 5.79. The van der Waals surface area contributed by atoms with Crippen molar-refractivity contribution >= 4 is 18.0 Å². The highest BCUT2D eigenvalue weighted by Gasteiger charge is 2.29. The molecular weight excluding hydrogens is 408 g/mol. The first-order valence-electron chi connectivity index (χ1n) is 11.0. The number of alkyl carbamates (subject to hydrolysis) is 1. The fourth-order valence-electron chi connectivity index (χ4n) is 4.14. The van der Waals surface area contributed by atoms with Crippen LogP contribution in [0.25, 0.3) is 11.1 Å². The van der Waals surface area contributed by atoms with Crippen LogP contribution in [0.4, 0.5) is 4.79 Å². The van der Waals surface area contributed by atoms with Crippen molar-refractivity contribution in [3.63, 3.8) is 0 Å². The van der Waals surface area contributed by atoms with Crippen LogP contribution in [-0.4, -0.2) is 54.2 Å². The molecule has 2 N–H and O–H groups in total. The second-order valence-corrected chi connectivity index (χ2v) is 8.16. The largest absolute Gasteiger partial charge is 0.480 e. The summed E-state index contributed by atoms with van der Waals surface area (Å²) in [6.07, 6.45) is 1.84. The Labute approximate surface area is 188 Å². The van der Waals surface area contributed by atoms with Gasteiger partial charge in [-0.1, -0.05) is 68.3 Å². The van der Waals surface area contributed by atoms with Gasteiger partial charge in [0.05, 0.1) is 0 Å². The molecule has 1 aliphatic carbocycles. The molecular formula is C25H30N2O5. The lowest BCUT2D eigenvalue weighted by molar-refractivity contribution is -0.143. The van der Waals surface area contributed by atoms with E-state index < -0.39 is 18.1 Å². The van der Waals surface area contributed by atoms with Crippen LogP contribution < -0.4 is 5.32 Å². The second kappa shape index (κ2) is 10.8. The maximum Gasteiger partial charge on any atom is 0.407 e. The van der Waals surface area contributed by atoms with Crippen molar-refractivity contribution in [1.29, 1.82) is 0 Å². The number of fused-ring (bicyclic) bond motifs is 3. The standard InChI is InChI=1S/C25H30N2O5/c1-3-4-9-17(14-23(28)27(2)15-24(29)30)26-25(31)32-16-22-20-12-7-5-10-18(20)19-11-6-8-13-21(19)22/h5-8,10-13,17,22H,3-4,9,14-16H2,1-2H3,(H,26,31)(H,29,30)/t17-/m0/s1. The van der Waals surface area contributed by atoms with Crippen LogP contribution in [0, 0.1) is 0 Å². The van der Waals surface area contributed by atoms with Gasteiger partial charge in [-0.25, -0.2) is 4.79 Å². The van der Waals surface area contributed by atoms with E-state index in [9.17, 15) is 14.4 Å². The van der Waals surface area contributed by atoms with Crippen molar-refractivity contribution in [3.05, 3.63) is 59.7 Å². The summed E-state index contributed by atoms with van der Waals surface area (Å²) in [5, 5.41) is 11.7. The molecule has 0 radical (unpaired) electrons. The SMILES string of the molecule is CCCC[C@@H](CC(=O)N(C)CC(=O)O)NC(=O)OCC1c2ccccc2-c2ccccc21. The molecule has 1 atom stereocenters. The first kappa shape index (κ1) is 23.3. The van der Waals surface area contributed by atoms with E-state index in [2.05, 4.69) is 29.6 Å². The van der Waals surface area contributed by atoms with E-state index >= 15 is 0 Å². The number of rotatable bonds is 10. The lowest BCUT2D eigenvalue weighted by Gasteiger charge is -2.22. The summed E-state index contributed by atoms with van der Waals surface area (Å²) in [7, 11) is 1.45. The van der Waals surface area contributed by atoms with Crippen LogP contribution in [-0.2, 0) is 14.3 Å². The Kier molecular flexibility index (Phi) is 7.87. The van der Waals surface area contributed by atoms with E-state index in [0.717, 1.165) is 40.0 Å². The van der Waals surface area contributed by atoms with Crippen LogP contribution in [0.3, 0.4) is 0 Å². The Hall–Kier alpha value is -3.35. The maximum atomic E-state index is 12.6. The number of nitrogens with zero attached hydrogens (tertiary/aromatic N) is 1. The molecule has 0 bridgehead atoms. The average Bonchev–Trinajstić information content (AvgIpc) is 3.09. The van der Waals surface area contributed by atoms with Crippen LogP contribution in [0.5, 0.6) is 0 Å². The van der Waals surface area contributed by atoms with Crippen LogP contribution >= 0.6 is 0 Å². The van der Waals surface area contributed by atoms with Crippen molar-refractivity contribution in [2.75, 3.05) is 20.2 Å². The molecule has 0 spiro atoms. The molecule has 0 heterocycles. The summed E-state index contributed by atoms with van der Waals surface area (Å²) < 4.78 is 5.59. The van der Waals surface area contributed by atoms with Gasteiger partial charge < -0.3 is 20.1 Å². The van der Waals surface area contributed by atoms with Gasteiger partial charge in [0, 0.05) is 25.4 Å². The van der Waals surface area contributed by atoms with Crippen molar-refractivity contribution in [3.8, 4) is 11.1 Å². The fourth-order valence-corrected chi connectivity index (χ4v) is 4.14. The molecule has 0 aromatic heterocycles. The predicted octanol–water partition coefficient (Wildman–Crippen LogP) is 4.02. The Morgan fingerprint density at radius 3 is 2.22 bits per heavy atom. The molecule has 0 saturated heterocycles. The van der Waals surface area contributed by atoms with E-state index in [1.54, 1.807) is 0 Å². The summed E-state index contributed by atoms with van der Waals surface area (Å²) in [5.41, 5.74) is 4.58. The number of likely N-dealkylation sites (N-methyl/N-ethyl adjacent to an activating group) is 1. The Balaban J connectivity index is 1.62. The lowest BCUT2D eigenvalue weighted by Crippen LogP contribution is -2.41. The zero-order valence-electron chi connectivity index (χ0n) is 18.5. The molecule has 3 rings (SSSR count). The molecule has 0 fully saturated rings. The first-order chi connectivity index (χ1) is 15.4. The Bertz CT molecular complexity index is 929. The fraction of sp³-hybridized carbons (Fsp3) is 0.400. The van der Waals surface area contributed by atoms with Gasteiger partial charge in [0.2, 0.25) is 5.91 Å². The number of aliphatic carboxylic acids is 1. The number of ether oxygens (including phenoxy) is 1. The number of carboxylic acid groups (broad SMARTS) is 1. The third-order valence-electron chi connectivity index (χ3n) is 5.79. The summed E-state index contributed by atoms with van der Waals surface area (Å²) >= 11 is 0. The van der Waals surface area contributed by atoms with Crippen LogP contribution in [0.1, 0.15) is 49.7 Å². The van der Waals surface area contributed by atoms with E-state index in [1.807, 2.05) is 31.2 Å². The zero-order valence-corrected chi connectivity index (χ0v) is 18.5. The van der Waals surface area contributed by atoms with Gasteiger partial charge in [0.15, 0.2) is 0 Å². The number of carboxylic acids is 1.